The van der Waals surface area contributed by atoms with Crippen molar-refractivity contribution in [2.24, 2.45) is 0 Å². The lowest BCUT2D eigenvalue weighted by atomic mass is 10.1. The van der Waals surface area contributed by atoms with Crippen molar-refractivity contribution in [2.45, 2.75) is 20.4 Å². The van der Waals surface area contributed by atoms with E-state index < -0.39 is 17.8 Å². The Morgan fingerprint density at radius 1 is 0.886 bits per heavy atom. The highest BCUT2D eigenvalue weighted by molar-refractivity contribution is 6.31. The van der Waals surface area contributed by atoms with Gasteiger partial charge < -0.3 is 8.98 Å². The molecule has 1 fully saturated rings. The molecule has 4 amide bonds. The Kier molecular flexibility index (Phi) is 5.66. The molecule has 0 bridgehead atoms. The third-order valence-corrected chi connectivity index (χ3v) is 6.08. The van der Waals surface area contributed by atoms with E-state index in [9.17, 15) is 14.4 Å². The van der Waals surface area contributed by atoms with E-state index in [1.807, 2.05) is 50.2 Å². The van der Waals surface area contributed by atoms with E-state index in [0.717, 1.165) is 38.7 Å². The van der Waals surface area contributed by atoms with Gasteiger partial charge in [-0.15, -0.1) is 0 Å². The van der Waals surface area contributed by atoms with Gasteiger partial charge >= 0.3 is 6.03 Å². The van der Waals surface area contributed by atoms with Crippen LogP contribution in [0.4, 0.5) is 4.79 Å². The molecule has 174 valence electrons. The first kappa shape index (κ1) is 22.2. The molecular formula is C28H23N3O4. The zero-order valence-corrected chi connectivity index (χ0v) is 19.3. The Bertz CT molecular complexity index is 1450. The predicted molar refractivity (Wildman–Crippen MR) is 131 cm³/mol. The standard InChI is InChI=1S/C28H23N3O4/c1-18-15-22(16-25-26(32)29-28(34)30(27(25)33)17-24-9-6-14-35-24)19(2)31(18)23-12-10-21(11-13-23)20-7-4-3-5-8-20/h3-16H,17H2,1-2H3,(H,29,32,34)/b25-16-. The molecule has 0 spiro atoms. The Labute approximate surface area is 202 Å². The van der Waals surface area contributed by atoms with Crippen LogP contribution in [0.5, 0.6) is 0 Å². The van der Waals surface area contributed by atoms with Crippen LogP contribution in [0.2, 0.25) is 0 Å². The third kappa shape index (κ3) is 4.19. The van der Waals surface area contributed by atoms with Crippen LogP contribution >= 0.6 is 0 Å². The van der Waals surface area contributed by atoms with Crippen LogP contribution in [0.25, 0.3) is 22.9 Å². The van der Waals surface area contributed by atoms with Crippen molar-refractivity contribution >= 4 is 23.9 Å². The molecule has 3 heterocycles. The van der Waals surface area contributed by atoms with E-state index in [1.54, 1.807) is 12.1 Å². The number of nitrogens with zero attached hydrogens (tertiary/aromatic N) is 2. The molecule has 1 N–H and O–H groups in total. The number of carbonyl (C=O) groups excluding carboxylic acids is 3. The summed E-state index contributed by atoms with van der Waals surface area (Å²) in [6.45, 7) is 3.84. The van der Waals surface area contributed by atoms with Crippen LogP contribution in [0, 0.1) is 13.8 Å². The molecule has 0 saturated carbocycles. The summed E-state index contributed by atoms with van der Waals surface area (Å²) in [6, 6.07) is 22.9. The maximum absolute atomic E-state index is 13.0. The van der Waals surface area contributed by atoms with Crippen molar-refractivity contribution < 1.29 is 18.8 Å². The summed E-state index contributed by atoms with van der Waals surface area (Å²) in [5.74, 6) is -0.931. The van der Waals surface area contributed by atoms with E-state index in [-0.39, 0.29) is 12.1 Å². The Balaban J connectivity index is 1.46. The van der Waals surface area contributed by atoms with Gasteiger partial charge in [0.2, 0.25) is 0 Å². The minimum absolute atomic E-state index is 0.0604. The number of aryl methyl sites for hydroxylation is 1. The van der Waals surface area contributed by atoms with Gasteiger partial charge in [-0.1, -0.05) is 42.5 Å². The predicted octanol–water partition coefficient (Wildman–Crippen LogP) is 5.02. The maximum atomic E-state index is 13.0. The highest BCUT2D eigenvalue weighted by Gasteiger charge is 2.36. The first-order valence-corrected chi connectivity index (χ1v) is 11.2. The summed E-state index contributed by atoms with van der Waals surface area (Å²) < 4.78 is 7.32. The number of hydrogen-bond donors (Lipinski definition) is 1. The maximum Gasteiger partial charge on any atom is 0.331 e. The largest absolute Gasteiger partial charge is 0.467 e. The summed E-state index contributed by atoms with van der Waals surface area (Å²) in [7, 11) is 0. The first-order valence-electron chi connectivity index (χ1n) is 11.2. The summed E-state index contributed by atoms with van der Waals surface area (Å²) in [5.41, 5.74) is 5.67. The van der Waals surface area contributed by atoms with Crippen molar-refractivity contribution in [3.8, 4) is 16.8 Å². The number of urea groups is 1. The molecule has 5 rings (SSSR count). The zero-order valence-electron chi connectivity index (χ0n) is 19.3. The second-order valence-electron chi connectivity index (χ2n) is 8.36. The average molecular weight is 466 g/mol. The molecule has 0 radical (unpaired) electrons. The SMILES string of the molecule is Cc1cc(/C=C2/C(=O)NC(=O)N(Cc3ccco3)C2=O)c(C)n1-c1ccc(-c2ccccc2)cc1. The average Bonchev–Trinajstić information content (AvgIpc) is 3.47. The zero-order chi connectivity index (χ0) is 24.5. The molecule has 7 nitrogen and oxygen atoms in total. The van der Waals surface area contributed by atoms with Crippen LogP contribution in [0.3, 0.4) is 0 Å². The molecule has 0 atom stereocenters. The van der Waals surface area contributed by atoms with Crippen molar-refractivity contribution in [1.29, 1.82) is 0 Å². The van der Waals surface area contributed by atoms with Crippen molar-refractivity contribution in [1.82, 2.24) is 14.8 Å². The molecule has 0 unspecified atom stereocenters. The molecule has 35 heavy (non-hydrogen) atoms. The molecule has 1 saturated heterocycles. The molecule has 2 aromatic carbocycles. The van der Waals surface area contributed by atoms with Gasteiger partial charge in [-0.05, 0) is 66.9 Å². The number of aromatic nitrogens is 1. The second-order valence-corrected chi connectivity index (χ2v) is 8.36. The minimum atomic E-state index is -0.766. The fourth-order valence-electron chi connectivity index (χ4n) is 4.32. The lowest BCUT2D eigenvalue weighted by Gasteiger charge is -2.25. The molecule has 7 heteroatoms. The molecule has 1 aliphatic heterocycles. The van der Waals surface area contributed by atoms with Gasteiger partial charge in [0, 0.05) is 17.1 Å². The number of nitrogens with one attached hydrogen (secondary N) is 1. The number of barbiturate groups is 1. The van der Waals surface area contributed by atoms with E-state index >= 15 is 0 Å². The monoisotopic (exact) mass is 465 g/mol. The number of amides is 4. The van der Waals surface area contributed by atoms with Crippen LogP contribution in [-0.4, -0.2) is 27.3 Å². The van der Waals surface area contributed by atoms with E-state index in [1.165, 1.54) is 12.3 Å². The fourth-order valence-corrected chi connectivity index (χ4v) is 4.32. The van der Waals surface area contributed by atoms with Crippen LogP contribution in [-0.2, 0) is 16.1 Å². The van der Waals surface area contributed by atoms with Crippen molar-refractivity contribution in [3.63, 3.8) is 0 Å². The lowest BCUT2D eigenvalue weighted by Crippen LogP contribution is -2.53. The Hall–Kier alpha value is -4.65. The molecular weight excluding hydrogens is 442 g/mol. The highest BCUT2D eigenvalue weighted by atomic mass is 16.3. The van der Waals surface area contributed by atoms with Gasteiger partial charge in [0.15, 0.2) is 0 Å². The Morgan fingerprint density at radius 3 is 2.29 bits per heavy atom. The van der Waals surface area contributed by atoms with Gasteiger partial charge in [0.25, 0.3) is 11.8 Å². The van der Waals surface area contributed by atoms with E-state index in [4.69, 9.17) is 4.42 Å². The van der Waals surface area contributed by atoms with Gasteiger partial charge in [-0.2, -0.15) is 0 Å². The quantitative estimate of drug-likeness (QED) is 0.331. The third-order valence-electron chi connectivity index (χ3n) is 6.08. The topological polar surface area (TPSA) is 84.6 Å². The minimum Gasteiger partial charge on any atom is -0.467 e. The highest BCUT2D eigenvalue weighted by Crippen LogP contribution is 2.27. The fraction of sp³-hybridized carbons (Fsp3) is 0.107. The molecule has 2 aromatic heterocycles. The summed E-state index contributed by atoms with van der Waals surface area (Å²) in [6.07, 6.45) is 3.00. The second kappa shape index (κ2) is 8.95. The normalized spacial score (nSPS) is 15.1. The molecule has 0 aliphatic carbocycles. The lowest BCUT2D eigenvalue weighted by molar-refractivity contribution is -0.130. The smallest absolute Gasteiger partial charge is 0.331 e. The van der Waals surface area contributed by atoms with Gasteiger partial charge in [0.1, 0.15) is 11.3 Å². The summed E-state index contributed by atoms with van der Waals surface area (Å²) in [4.78, 5) is 38.8. The van der Waals surface area contributed by atoms with Gasteiger partial charge in [0.05, 0.1) is 12.8 Å². The van der Waals surface area contributed by atoms with Crippen LogP contribution < -0.4 is 5.32 Å². The number of benzene rings is 2. The van der Waals surface area contributed by atoms with Crippen molar-refractivity contribution in [2.75, 3.05) is 0 Å². The molecule has 4 aromatic rings. The summed E-state index contributed by atoms with van der Waals surface area (Å²) in [5, 5.41) is 2.25. The van der Waals surface area contributed by atoms with Crippen LogP contribution in [0.15, 0.2) is 89.0 Å². The van der Waals surface area contributed by atoms with Crippen LogP contribution in [0.1, 0.15) is 22.7 Å². The van der Waals surface area contributed by atoms with Crippen molar-refractivity contribution in [3.05, 3.63) is 107 Å². The number of imide groups is 2. The van der Waals surface area contributed by atoms with E-state index in [0.29, 0.717) is 5.76 Å². The van der Waals surface area contributed by atoms with Gasteiger partial charge in [-0.25, -0.2) is 4.79 Å². The number of furan rings is 1. The number of rotatable bonds is 5. The molecule has 1 aliphatic rings. The first-order chi connectivity index (χ1) is 16.9. The van der Waals surface area contributed by atoms with Gasteiger partial charge in [-0.3, -0.25) is 19.8 Å². The summed E-state index contributed by atoms with van der Waals surface area (Å²) >= 11 is 0. The van der Waals surface area contributed by atoms with E-state index in [2.05, 4.69) is 34.1 Å². The Morgan fingerprint density at radius 2 is 1.60 bits per heavy atom. The number of carbonyl (C=O) groups is 3. The number of hydrogen-bond acceptors (Lipinski definition) is 4.